The van der Waals surface area contributed by atoms with Crippen molar-refractivity contribution >= 4 is 28.8 Å². The van der Waals surface area contributed by atoms with E-state index in [9.17, 15) is 14.9 Å². The predicted molar refractivity (Wildman–Crippen MR) is 105 cm³/mol. The molecule has 3 aromatic rings. The van der Waals surface area contributed by atoms with Crippen LogP contribution in [0.25, 0.3) is 11.0 Å². The molecule has 144 valence electrons. The van der Waals surface area contributed by atoms with Crippen LogP contribution in [0.1, 0.15) is 30.0 Å². The first kappa shape index (κ1) is 19.1. The van der Waals surface area contributed by atoms with Crippen LogP contribution < -0.4 is 10.2 Å². The van der Waals surface area contributed by atoms with E-state index in [0.717, 1.165) is 11.3 Å². The Morgan fingerprint density at radius 1 is 1.25 bits per heavy atom. The van der Waals surface area contributed by atoms with Gasteiger partial charge in [0, 0.05) is 17.5 Å². The van der Waals surface area contributed by atoms with Crippen molar-refractivity contribution in [2.75, 3.05) is 6.61 Å². The molecule has 0 atom stereocenters. The summed E-state index contributed by atoms with van der Waals surface area (Å²) in [5, 5.41) is 15.2. The second-order valence-electron chi connectivity index (χ2n) is 6.56. The number of ether oxygens (including phenoxy) is 1. The van der Waals surface area contributed by atoms with E-state index in [4.69, 9.17) is 9.15 Å². The number of non-ortho nitro benzene ring substituents is 1. The fourth-order valence-electron chi connectivity index (χ4n) is 2.39. The number of carbonyl (C=O) groups is 1. The van der Waals surface area contributed by atoms with Crippen LogP contribution in [0, 0.1) is 16.0 Å². The number of hydrazone groups is 1. The highest BCUT2D eigenvalue weighted by atomic mass is 16.6. The number of nitrogens with one attached hydrogen (secondary N) is 1. The zero-order valence-electron chi connectivity index (χ0n) is 15.4. The first-order chi connectivity index (χ1) is 13.4. The maximum Gasteiger partial charge on any atom is 0.307 e. The van der Waals surface area contributed by atoms with Crippen LogP contribution in [0.3, 0.4) is 0 Å². The van der Waals surface area contributed by atoms with Gasteiger partial charge < -0.3 is 9.15 Å². The van der Waals surface area contributed by atoms with Crippen molar-refractivity contribution in [3.63, 3.8) is 0 Å². The number of furan rings is 1. The molecule has 0 radical (unpaired) electrons. The summed E-state index contributed by atoms with van der Waals surface area (Å²) in [6.45, 7) is 4.80. The second-order valence-corrected chi connectivity index (χ2v) is 6.56. The van der Waals surface area contributed by atoms with E-state index in [-0.39, 0.29) is 11.4 Å². The molecule has 0 bridgehead atoms. The predicted octanol–water partition coefficient (Wildman–Crippen LogP) is 4.14. The van der Waals surface area contributed by atoms with Gasteiger partial charge in [0.05, 0.1) is 17.7 Å². The summed E-state index contributed by atoms with van der Waals surface area (Å²) in [4.78, 5) is 22.5. The monoisotopic (exact) mass is 381 g/mol. The average molecular weight is 381 g/mol. The number of nitrogens with zero attached hydrogens (tertiary/aromatic N) is 2. The fourth-order valence-corrected chi connectivity index (χ4v) is 2.39. The minimum absolute atomic E-state index is 0.0186. The van der Waals surface area contributed by atoms with Gasteiger partial charge in [-0.1, -0.05) is 13.8 Å². The van der Waals surface area contributed by atoms with Gasteiger partial charge in [0.2, 0.25) is 0 Å². The largest absolute Gasteiger partial charge is 0.493 e. The van der Waals surface area contributed by atoms with E-state index in [1.54, 1.807) is 0 Å². The van der Waals surface area contributed by atoms with Crippen molar-refractivity contribution in [1.29, 1.82) is 0 Å². The molecule has 0 fully saturated rings. The molecule has 8 nitrogen and oxygen atoms in total. The zero-order valence-corrected chi connectivity index (χ0v) is 15.4. The highest BCUT2D eigenvalue weighted by molar-refractivity contribution is 5.97. The van der Waals surface area contributed by atoms with Gasteiger partial charge in [-0.2, -0.15) is 5.10 Å². The molecule has 3 rings (SSSR count). The van der Waals surface area contributed by atoms with E-state index in [1.165, 1.54) is 30.5 Å². The molecule has 0 aliphatic heterocycles. The number of hydrogen-bond donors (Lipinski definition) is 1. The van der Waals surface area contributed by atoms with Gasteiger partial charge in [-0.05, 0) is 47.9 Å². The van der Waals surface area contributed by atoms with Gasteiger partial charge in [-0.15, -0.1) is 0 Å². The molecule has 1 amide bonds. The van der Waals surface area contributed by atoms with Crippen LogP contribution in [0.4, 0.5) is 5.69 Å². The third-order valence-corrected chi connectivity index (χ3v) is 3.78. The molecule has 0 aliphatic rings. The van der Waals surface area contributed by atoms with E-state index >= 15 is 0 Å². The molecule has 1 heterocycles. The van der Waals surface area contributed by atoms with Gasteiger partial charge in [-0.25, -0.2) is 5.43 Å². The fraction of sp³-hybridized carbons (Fsp3) is 0.200. The summed E-state index contributed by atoms with van der Waals surface area (Å²) in [5.74, 6) is 0.684. The number of carbonyl (C=O) groups excluding carboxylic acids is 1. The number of fused-ring (bicyclic) bond motifs is 1. The summed E-state index contributed by atoms with van der Waals surface area (Å²) >= 11 is 0. The molecule has 8 heteroatoms. The van der Waals surface area contributed by atoms with Crippen LogP contribution in [0.15, 0.2) is 58.0 Å². The lowest BCUT2D eigenvalue weighted by atomic mass is 10.2. The maximum absolute atomic E-state index is 12.2. The number of amides is 1. The lowest BCUT2D eigenvalue weighted by molar-refractivity contribution is -0.384. The van der Waals surface area contributed by atoms with Crippen molar-refractivity contribution in [3.05, 3.63) is 70.0 Å². The van der Waals surface area contributed by atoms with Crippen LogP contribution in [-0.4, -0.2) is 23.7 Å². The van der Waals surface area contributed by atoms with Gasteiger partial charge in [0.25, 0.3) is 5.69 Å². The SMILES string of the molecule is CC(C)COc1ccc(/C=N\NC(=O)c2cc3cc([N+](=O)[O-])ccc3o2)cc1. The number of nitro groups is 1. The first-order valence-electron chi connectivity index (χ1n) is 8.66. The topological polar surface area (TPSA) is 107 Å². The number of hydrogen-bond acceptors (Lipinski definition) is 6. The molecule has 1 aromatic heterocycles. The minimum atomic E-state index is -0.549. The maximum atomic E-state index is 12.2. The second kappa shape index (κ2) is 8.34. The molecule has 0 saturated carbocycles. The van der Waals surface area contributed by atoms with E-state index in [1.807, 2.05) is 24.3 Å². The average Bonchev–Trinajstić information content (AvgIpc) is 3.10. The van der Waals surface area contributed by atoms with Crippen LogP contribution in [0.5, 0.6) is 5.75 Å². The lowest BCUT2D eigenvalue weighted by Crippen LogP contribution is -2.16. The Morgan fingerprint density at radius 3 is 2.68 bits per heavy atom. The van der Waals surface area contributed by atoms with E-state index in [2.05, 4.69) is 24.4 Å². The summed E-state index contributed by atoms with van der Waals surface area (Å²) in [6.07, 6.45) is 1.50. The summed E-state index contributed by atoms with van der Waals surface area (Å²) in [6, 6.07) is 12.9. The van der Waals surface area contributed by atoms with Crippen LogP contribution >= 0.6 is 0 Å². The Labute approximate surface area is 160 Å². The number of rotatable bonds is 7. The lowest BCUT2D eigenvalue weighted by Gasteiger charge is -2.08. The Kier molecular flexibility index (Phi) is 5.69. The molecule has 28 heavy (non-hydrogen) atoms. The Hall–Kier alpha value is -3.68. The van der Waals surface area contributed by atoms with Crippen molar-refractivity contribution in [3.8, 4) is 5.75 Å². The quantitative estimate of drug-likeness (QED) is 0.376. The van der Waals surface area contributed by atoms with Gasteiger partial charge in [-0.3, -0.25) is 14.9 Å². The van der Waals surface area contributed by atoms with Gasteiger partial charge in [0.1, 0.15) is 11.3 Å². The van der Waals surface area contributed by atoms with Gasteiger partial charge >= 0.3 is 5.91 Å². The summed E-state index contributed by atoms with van der Waals surface area (Å²) in [7, 11) is 0. The van der Waals surface area contributed by atoms with E-state index < -0.39 is 10.8 Å². The van der Waals surface area contributed by atoms with E-state index in [0.29, 0.717) is 23.5 Å². The summed E-state index contributed by atoms with van der Waals surface area (Å²) < 4.78 is 11.0. The third kappa shape index (κ3) is 4.73. The normalized spacial score (nSPS) is 11.2. The minimum Gasteiger partial charge on any atom is -0.493 e. The van der Waals surface area contributed by atoms with Gasteiger partial charge in [0.15, 0.2) is 5.76 Å². The standard InChI is InChI=1S/C20H19N3O5/c1-13(2)12-27-17-6-3-14(4-7-17)11-21-22-20(24)19-10-15-9-16(23(25)26)5-8-18(15)28-19/h3-11,13H,12H2,1-2H3,(H,22,24)/b21-11-. The van der Waals surface area contributed by atoms with Crippen LogP contribution in [-0.2, 0) is 0 Å². The summed E-state index contributed by atoms with van der Waals surface area (Å²) in [5.41, 5.74) is 3.48. The Morgan fingerprint density at radius 2 is 2.00 bits per heavy atom. The first-order valence-corrected chi connectivity index (χ1v) is 8.66. The molecular weight excluding hydrogens is 362 g/mol. The molecule has 0 spiro atoms. The highest BCUT2D eigenvalue weighted by Gasteiger charge is 2.14. The van der Waals surface area contributed by atoms with Crippen molar-refractivity contribution in [1.82, 2.24) is 5.43 Å². The van der Waals surface area contributed by atoms with Crippen molar-refractivity contribution in [2.45, 2.75) is 13.8 Å². The molecule has 0 aliphatic carbocycles. The zero-order chi connectivity index (χ0) is 20.1. The number of nitro benzene ring substituents is 1. The van der Waals surface area contributed by atoms with Crippen molar-refractivity contribution in [2.24, 2.45) is 11.0 Å². The molecule has 1 N–H and O–H groups in total. The molecular formula is C20H19N3O5. The molecule has 0 unspecified atom stereocenters. The van der Waals surface area contributed by atoms with Crippen LogP contribution in [0.2, 0.25) is 0 Å². The smallest absolute Gasteiger partial charge is 0.307 e. The third-order valence-electron chi connectivity index (χ3n) is 3.78. The highest BCUT2D eigenvalue weighted by Crippen LogP contribution is 2.24. The Balaban J connectivity index is 1.61. The molecule has 2 aromatic carbocycles. The Bertz CT molecular complexity index is 1020. The van der Waals surface area contributed by atoms with Crippen molar-refractivity contribution < 1.29 is 18.9 Å². The number of benzene rings is 2. The molecule has 0 saturated heterocycles.